The van der Waals surface area contributed by atoms with Crippen molar-refractivity contribution >= 4 is 21.7 Å². The van der Waals surface area contributed by atoms with Crippen LogP contribution in [0.2, 0.25) is 0 Å². The summed E-state index contributed by atoms with van der Waals surface area (Å²) in [5.41, 5.74) is -1.03. The molecule has 2 aromatic rings. The molecular weight excluding hydrogens is 345 g/mol. The van der Waals surface area contributed by atoms with Gasteiger partial charge in [0.15, 0.2) is 0 Å². The summed E-state index contributed by atoms with van der Waals surface area (Å²) in [5, 5.41) is 0. The molecule has 0 aromatic heterocycles. The lowest BCUT2D eigenvalue weighted by atomic mass is 10.2. The Morgan fingerprint density at radius 2 is 1.67 bits per heavy atom. The third-order valence-electron chi connectivity index (χ3n) is 3.14. The Labute approximate surface area is 136 Å². The number of nitrogens with zero attached hydrogens (tertiary/aromatic N) is 1. The van der Waals surface area contributed by atoms with Crippen LogP contribution >= 0.6 is 0 Å². The number of anilines is 1. The van der Waals surface area contributed by atoms with Crippen LogP contribution in [-0.4, -0.2) is 21.5 Å². The van der Waals surface area contributed by atoms with Crippen LogP contribution < -0.4 is 9.62 Å². The van der Waals surface area contributed by atoms with Crippen LogP contribution in [0.1, 0.15) is 5.56 Å². The van der Waals surface area contributed by atoms with Gasteiger partial charge in [-0.2, -0.15) is 13.2 Å². The predicted octanol–water partition coefficient (Wildman–Crippen LogP) is 3.24. The molecule has 0 bridgehead atoms. The number of amides is 2. The van der Waals surface area contributed by atoms with Gasteiger partial charge < -0.3 is 0 Å². The number of rotatable bonds is 3. The second kappa shape index (κ2) is 6.52. The summed E-state index contributed by atoms with van der Waals surface area (Å²) in [4.78, 5) is 12.7. The molecule has 2 aromatic carbocycles. The molecule has 0 radical (unpaired) electrons. The average Bonchev–Trinajstić information content (AvgIpc) is 2.54. The van der Waals surface area contributed by atoms with Crippen molar-refractivity contribution in [3.8, 4) is 0 Å². The summed E-state index contributed by atoms with van der Waals surface area (Å²) < 4.78 is 64.1. The third kappa shape index (κ3) is 4.05. The van der Waals surface area contributed by atoms with Crippen molar-refractivity contribution in [2.24, 2.45) is 0 Å². The van der Waals surface area contributed by atoms with Gasteiger partial charge in [0.2, 0.25) is 0 Å². The number of hydrogen-bond acceptors (Lipinski definition) is 3. The highest BCUT2D eigenvalue weighted by atomic mass is 32.2. The molecule has 0 aliphatic rings. The highest BCUT2D eigenvalue weighted by Crippen LogP contribution is 2.31. The van der Waals surface area contributed by atoms with E-state index in [9.17, 15) is 26.4 Å². The molecule has 9 heteroatoms. The molecule has 2 rings (SSSR count). The first kappa shape index (κ1) is 17.8. The minimum Gasteiger partial charge on any atom is -0.297 e. The van der Waals surface area contributed by atoms with Crippen LogP contribution in [0.5, 0.6) is 0 Å². The van der Waals surface area contributed by atoms with Crippen LogP contribution in [0.3, 0.4) is 0 Å². The summed E-state index contributed by atoms with van der Waals surface area (Å²) in [6, 6.07) is 10.1. The molecular formula is C15H13F3N2O3S. The van der Waals surface area contributed by atoms with Crippen molar-refractivity contribution in [3.63, 3.8) is 0 Å². The molecule has 0 aliphatic carbocycles. The lowest BCUT2D eigenvalue weighted by Crippen LogP contribution is -2.40. The van der Waals surface area contributed by atoms with E-state index in [1.54, 1.807) is 10.8 Å². The van der Waals surface area contributed by atoms with Gasteiger partial charge >= 0.3 is 12.2 Å². The number of carbonyl (C=O) groups is 1. The maximum Gasteiger partial charge on any atom is 0.416 e. The van der Waals surface area contributed by atoms with Crippen molar-refractivity contribution < 1.29 is 26.4 Å². The van der Waals surface area contributed by atoms with E-state index >= 15 is 0 Å². The van der Waals surface area contributed by atoms with Crippen LogP contribution in [0.15, 0.2) is 59.5 Å². The summed E-state index contributed by atoms with van der Waals surface area (Å²) in [5.74, 6) is 0. The van der Waals surface area contributed by atoms with E-state index in [0.717, 1.165) is 23.1 Å². The number of urea groups is 1. The molecule has 128 valence electrons. The molecule has 2 amide bonds. The fraction of sp³-hybridized carbons (Fsp3) is 0.133. The number of nitrogens with one attached hydrogen (secondary N) is 1. The standard InChI is InChI=1S/C15H13F3N2O3S/c1-20(12-7-5-6-11(10-12)15(16,17)18)14(21)19-24(22,23)13-8-3-2-4-9-13/h2-10H,1H3,(H,19,21). The van der Waals surface area contributed by atoms with E-state index in [1.165, 1.54) is 37.4 Å². The topological polar surface area (TPSA) is 66.5 Å². The van der Waals surface area contributed by atoms with E-state index in [0.29, 0.717) is 0 Å². The Kier molecular flexibility index (Phi) is 4.83. The zero-order valence-corrected chi connectivity index (χ0v) is 13.2. The maximum absolute atomic E-state index is 12.7. The highest BCUT2D eigenvalue weighted by Gasteiger charge is 2.31. The summed E-state index contributed by atoms with van der Waals surface area (Å²) in [6.45, 7) is 0. The fourth-order valence-corrected chi connectivity index (χ4v) is 2.85. The molecule has 0 atom stereocenters. The second-order valence-electron chi connectivity index (χ2n) is 4.83. The largest absolute Gasteiger partial charge is 0.416 e. The van der Waals surface area contributed by atoms with E-state index in [4.69, 9.17) is 0 Å². The van der Waals surface area contributed by atoms with Crippen molar-refractivity contribution in [2.45, 2.75) is 11.1 Å². The SMILES string of the molecule is CN(C(=O)NS(=O)(=O)c1ccccc1)c1cccc(C(F)(F)F)c1. The minimum atomic E-state index is -4.57. The van der Waals surface area contributed by atoms with Crippen LogP contribution in [0.4, 0.5) is 23.7 Å². The van der Waals surface area contributed by atoms with E-state index in [2.05, 4.69) is 0 Å². The van der Waals surface area contributed by atoms with Gasteiger partial charge in [-0.15, -0.1) is 0 Å². The van der Waals surface area contributed by atoms with Crippen molar-refractivity contribution in [1.29, 1.82) is 0 Å². The Morgan fingerprint density at radius 1 is 1.04 bits per heavy atom. The van der Waals surface area contributed by atoms with Crippen LogP contribution in [0.25, 0.3) is 0 Å². The number of halogens is 3. The number of hydrogen-bond donors (Lipinski definition) is 1. The van der Waals surface area contributed by atoms with Gasteiger partial charge in [-0.1, -0.05) is 24.3 Å². The van der Waals surface area contributed by atoms with Gasteiger partial charge in [-0.25, -0.2) is 17.9 Å². The van der Waals surface area contributed by atoms with Crippen LogP contribution in [0, 0.1) is 0 Å². The molecule has 24 heavy (non-hydrogen) atoms. The van der Waals surface area contributed by atoms with Gasteiger partial charge in [0, 0.05) is 12.7 Å². The van der Waals surface area contributed by atoms with Gasteiger partial charge in [0.1, 0.15) is 0 Å². The normalized spacial score (nSPS) is 11.8. The Morgan fingerprint density at radius 3 is 2.25 bits per heavy atom. The Bertz CT molecular complexity index is 837. The molecule has 0 fully saturated rings. The smallest absolute Gasteiger partial charge is 0.297 e. The number of benzene rings is 2. The van der Waals surface area contributed by atoms with Crippen LogP contribution in [-0.2, 0) is 16.2 Å². The first-order valence-electron chi connectivity index (χ1n) is 6.64. The van der Waals surface area contributed by atoms with Crippen molar-refractivity contribution in [2.75, 3.05) is 11.9 Å². The monoisotopic (exact) mass is 358 g/mol. The first-order chi connectivity index (χ1) is 11.1. The number of alkyl halides is 3. The zero-order valence-electron chi connectivity index (χ0n) is 12.4. The molecule has 0 saturated carbocycles. The molecule has 0 saturated heterocycles. The van der Waals surface area contributed by atoms with E-state index in [-0.39, 0.29) is 10.6 Å². The fourth-order valence-electron chi connectivity index (χ4n) is 1.85. The minimum absolute atomic E-state index is 0.0920. The predicted molar refractivity (Wildman–Crippen MR) is 82.0 cm³/mol. The van der Waals surface area contributed by atoms with Gasteiger partial charge in [0.25, 0.3) is 10.0 Å². The summed E-state index contributed by atoms with van der Waals surface area (Å²) in [6.07, 6.45) is -4.57. The molecule has 0 heterocycles. The highest BCUT2D eigenvalue weighted by molar-refractivity contribution is 7.90. The lowest BCUT2D eigenvalue weighted by Gasteiger charge is -2.19. The Balaban J connectivity index is 2.22. The van der Waals surface area contributed by atoms with E-state index in [1.807, 2.05) is 0 Å². The number of carbonyl (C=O) groups excluding carboxylic acids is 1. The molecule has 0 spiro atoms. The molecule has 1 N–H and O–H groups in total. The molecule has 0 unspecified atom stereocenters. The van der Waals surface area contributed by atoms with Crippen molar-refractivity contribution in [1.82, 2.24) is 4.72 Å². The van der Waals surface area contributed by atoms with Gasteiger partial charge in [0.05, 0.1) is 10.5 Å². The Hall–Kier alpha value is -2.55. The first-order valence-corrected chi connectivity index (χ1v) is 8.12. The average molecular weight is 358 g/mol. The summed E-state index contributed by atoms with van der Waals surface area (Å²) >= 11 is 0. The lowest BCUT2D eigenvalue weighted by molar-refractivity contribution is -0.137. The third-order valence-corrected chi connectivity index (χ3v) is 4.48. The molecule has 5 nitrogen and oxygen atoms in total. The molecule has 0 aliphatic heterocycles. The van der Waals surface area contributed by atoms with Gasteiger partial charge in [-0.3, -0.25) is 4.90 Å². The summed E-state index contributed by atoms with van der Waals surface area (Å²) in [7, 11) is -2.94. The number of sulfonamides is 1. The second-order valence-corrected chi connectivity index (χ2v) is 6.51. The maximum atomic E-state index is 12.7. The quantitative estimate of drug-likeness (QED) is 0.916. The van der Waals surface area contributed by atoms with Gasteiger partial charge in [-0.05, 0) is 30.3 Å². The van der Waals surface area contributed by atoms with Crippen molar-refractivity contribution in [3.05, 3.63) is 60.2 Å². The zero-order chi connectivity index (χ0) is 18.0. The van der Waals surface area contributed by atoms with E-state index < -0.39 is 27.8 Å².